The Morgan fingerprint density at radius 2 is 1.81 bits per heavy atom. The van der Waals surface area contributed by atoms with E-state index in [1.165, 1.54) is 18.5 Å². The van der Waals surface area contributed by atoms with Crippen LogP contribution >= 0.6 is 0 Å². The predicted molar refractivity (Wildman–Crippen MR) is 84.2 cm³/mol. The Hall–Kier alpha value is -1.14. The van der Waals surface area contributed by atoms with Crippen LogP contribution in [0.4, 0.5) is 5.69 Å². The number of aromatic nitrogens is 1. The molecule has 0 atom stereocenters. The fraction of sp³-hybridized carbons (Fsp3) is 0.667. The monoisotopic (exact) mass is 311 g/mol. The number of nitrogens with zero attached hydrogens (tertiary/aromatic N) is 1. The lowest BCUT2D eigenvalue weighted by Gasteiger charge is -2.45. The molecule has 0 amide bonds. The maximum Gasteiger partial charge on any atom is 0.244 e. The quantitative estimate of drug-likeness (QED) is 0.898. The molecule has 1 saturated carbocycles. The highest BCUT2D eigenvalue weighted by molar-refractivity contribution is 7.89. The van der Waals surface area contributed by atoms with E-state index in [9.17, 15) is 8.42 Å². The third-order valence-corrected chi connectivity index (χ3v) is 5.55. The summed E-state index contributed by atoms with van der Waals surface area (Å²) in [6, 6.07) is 1.43. The Bertz CT molecular complexity index is 608. The van der Waals surface area contributed by atoms with Gasteiger partial charge in [-0.15, -0.1) is 0 Å². The minimum atomic E-state index is -3.63. The van der Waals surface area contributed by atoms with Crippen LogP contribution < -0.4 is 10.5 Å². The van der Waals surface area contributed by atoms with Gasteiger partial charge in [0.1, 0.15) is 4.90 Å². The van der Waals surface area contributed by atoms with Gasteiger partial charge in [0.2, 0.25) is 10.0 Å². The van der Waals surface area contributed by atoms with Crippen molar-refractivity contribution in [2.75, 3.05) is 5.73 Å². The largest absolute Gasteiger partial charge is 0.398 e. The first-order chi connectivity index (χ1) is 9.51. The number of nitrogens with one attached hydrogen (secondary N) is 1. The van der Waals surface area contributed by atoms with Gasteiger partial charge in [-0.3, -0.25) is 4.98 Å². The van der Waals surface area contributed by atoms with Gasteiger partial charge in [0.25, 0.3) is 0 Å². The summed E-state index contributed by atoms with van der Waals surface area (Å²) in [5, 5.41) is 0. The summed E-state index contributed by atoms with van der Waals surface area (Å²) < 4.78 is 27.8. The summed E-state index contributed by atoms with van der Waals surface area (Å²) in [6.07, 6.45) is 5.54. The first-order valence-corrected chi connectivity index (χ1v) is 8.71. The normalized spacial score (nSPS) is 22.1. The number of rotatable bonds is 3. The van der Waals surface area contributed by atoms with Crippen molar-refractivity contribution in [3.8, 4) is 0 Å². The third-order valence-electron chi connectivity index (χ3n) is 3.98. The highest BCUT2D eigenvalue weighted by Gasteiger charge is 2.40. The lowest BCUT2D eigenvalue weighted by atomic mass is 9.64. The van der Waals surface area contributed by atoms with Crippen molar-refractivity contribution in [3.63, 3.8) is 0 Å². The van der Waals surface area contributed by atoms with Crippen molar-refractivity contribution >= 4 is 15.7 Å². The SMILES string of the molecule is CC1(C)CC(NS(=O)(=O)c2cnccc2N)CC(C)(C)C1. The van der Waals surface area contributed by atoms with Crippen molar-refractivity contribution in [2.24, 2.45) is 10.8 Å². The number of pyridine rings is 1. The van der Waals surface area contributed by atoms with E-state index in [-0.39, 0.29) is 27.5 Å². The van der Waals surface area contributed by atoms with E-state index >= 15 is 0 Å². The second-order valence-corrected chi connectivity index (χ2v) is 9.33. The zero-order valence-corrected chi connectivity index (χ0v) is 14.0. The molecular weight excluding hydrogens is 286 g/mol. The lowest BCUT2D eigenvalue weighted by Crippen LogP contribution is -2.46. The topological polar surface area (TPSA) is 85.1 Å². The summed E-state index contributed by atoms with van der Waals surface area (Å²) in [6.45, 7) is 8.75. The molecule has 0 bridgehead atoms. The maximum absolute atomic E-state index is 12.5. The Morgan fingerprint density at radius 1 is 1.24 bits per heavy atom. The van der Waals surface area contributed by atoms with Crippen LogP contribution in [0.15, 0.2) is 23.4 Å². The highest BCUT2D eigenvalue weighted by Crippen LogP contribution is 2.45. The molecule has 1 aliphatic carbocycles. The summed E-state index contributed by atoms with van der Waals surface area (Å²) in [7, 11) is -3.63. The number of hydrogen-bond acceptors (Lipinski definition) is 4. The van der Waals surface area contributed by atoms with Crippen molar-refractivity contribution in [1.82, 2.24) is 9.71 Å². The van der Waals surface area contributed by atoms with E-state index in [2.05, 4.69) is 37.4 Å². The molecule has 1 heterocycles. The van der Waals surface area contributed by atoms with Gasteiger partial charge in [-0.05, 0) is 36.2 Å². The van der Waals surface area contributed by atoms with Gasteiger partial charge in [0.05, 0.1) is 5.69 Å². The van der Waals surface area contributed by atoms with Crippen LogP contribution in [-0.4, -0.2) is 19.4 Å². The van der Waals surface area contributed by atoms with Crippen LogP contribution in [0.1, 0.15) is 47.0 Å². The number of nitrogen functional groups attached to an aromatic ring is 1. The molecule has 0 aromatic carbocycles. The zero-order valence-electron chi connectivity index (χ0n) is 13.2. The van der Waals surface area contributed by atoms with Gasteiger partial charge in [-0.25, -0.2) is 13.1 Å². The van der Waals surface area contributed by atoms with Crippen LogP contribution in [0.2, 0.25) is 0 Å². The fourth-order valence-corrected chi connectivity index (χ4v) is 5.14. The van der Waals surface area contributed by atoms with Crippen molar-refractivity contribution in [2.45, 2.75) is 57.9 Å². The number of nitrogens with two attached hydrogens (primary N) is 1. The predicted octanol–water partition coefficient (Wildman–Crippen LogP) is 2.55. The minimum Gasteiger partial charge on any atom is -0.398 e. The van der Waals surface area contributed by atoms with Crippen molar-refractivity contribution < 1.29 is 8.42 Å². The van der Waals surface area contributed by atoms with E-state index in [0.29, 0.717) is 0 Å². The van der Waals surface area contributed by atoms with Crippen molar-refractivity contribution in [1.29, 1.82) is 0 Å². The first-order valence-electron chi connectivity index (χ1n) is 7.23. The lowest BCUT2D eigenvalue weighted by molar-refractivity contribution is 0.0934. The average Bonchev–Trinajstić information content (AvgIpc) is 2.23. The van der Waals surface area contributed by atoms with Crippen LogP contribution in [-0.2, 0) is 10.0 Å². The Balaban J connectivity index is 2.23. The van der Waals surface area contributed by atoms with E-state index in [0.717, 1.165) is 19.3 Å². The molecular formula is C15H25N3O2S. The number of sulfonamides is 1. The van der Waals surface area contributed by atoms with E-state index in [1.54, 1.807) is 0 Å². The molecule has 1 aliphatic rings. The first kappa shape index (κ1) is 16.2. The molecule has 5 nitrogen and oxygen atoms in total. The average molecular weight is 311 g/mol. The molecule has 0 radical (unpaired) electrons. The minimum absolute atomic E-state index is 0.0613. The van der Waals surface area contributed by atoms with Crippen LogP contribution in [0.3, 0.4) is 0 Å². The van der Waals surface area contributed by atoms with Gasteiger partial charge in [-0.1, -0.05) is 27.7 Å². The second-order valence-electron chi connectivity index (χ2n) is 7.65. The molecule has 1 fully saturated rings. The molecule has 118 valence electrons. The Kier molecular flexibility index (Phi) is 4.06. The smallest absolute Gasteiger partial charge is 0.244 e. The summed E-state index contributed by atoms with van der Waals surface area (Å²) >= 11 is 0. The van der Waals surface area contributed by atoms with Gasteiger partial charge < -0.3 is 5.73 Å². The van der Waals surface area contributed by atoms with Crippen LogP contribution in [0.5, 0.6) is 0 Å². The molecule has 0 unspecified atom stereocenters. The maximum atomic E-state index is 12.5. The molecule has 1 aromatic heterocycles. The Labute approximate surface area is 127 Å². The van der Waals surface area contributed by atoms with E-state index in [1.807, 2.05) is 0 Å². The summed E-state index contributed by atoms with van der Waals surface area (Å²) in [4.78, 5) is 3.92. The molecule has 0 saturated heterocycles. The highest BCUT2D eigenvalue weighted by atomic mass is 32.2. The molecule has 6 heteroatoms. The fourth-order valence-electron chi connectivity index (χ4n) is 3.83. The standard InChI is InChI=1S/C15H25N3O2S/c1-14(2)7-11(8-15(3,4)10-14)18-21(19,20)13-9-17-6-5-12(13)16/h5-6,9,11,18H,7-8,10H2,1-4H3,(H2,16,17). The van der Waals surface area contributed by atoms with Gasteiger partial charge in [0.15, 0.2) is 0 Å². The van der Waals surface area contributed by atoms with E-state index < -0.39 is 10.0 Å². The molecule has 2 rings (SSSR count). The molecule has 21 heavy (non-hydrogen) atoms. The van der Waals surface area contributed by atoms with Gasteiger partial charge in [0, 0.05) is 18.4 Å². The van der Waals surface area contributed by atoms with Gasteiger partial charge >= 0.3 is 0 Å². The molecule has 1 aromatic rings. The summed E-state index contributed by atoms with van der Waals surface area (Å²) in [5.41, 5.74) is 6.23. The molecule has 3 N–H and O–H groups in total. The third kappa shape index (κ3) is 3.95. The van der Waals surface area contributed by atoms with Crippen LogP contribution in [0, 0.1) is 10.8 Å². The van der Waals surface area contributed by atoms with Crippen molar-refractivity contribution in [3.05, 3.63) is 18.5 Å². The summed E-state index contributed by atoms with van der Waals surface area (Å²) in [5.74, 6) is 0. The van der Waals surface area contributed by atoms with Gasteiger partial charge in [-0.2, -0.15) is 0 Å². The number of hydrogen-bond donors (Lipinski definition) is 2. The number of anilines is 1. The molecule has 0 spiro atoms. The van der Waals surface area contributed by atoms with E-state index in [4.69, 9.17) is 5.73 Å². The second kappa shape index (κ2) is 5.25. The van der Waals surface area contributed by atoms with Crippen LogP contribution in [0.25, 0.3) is 0 Å². The molecule has 0 aliphatic heterocycles. The zero-order chi connectivity index (χ0) is 15.9. The Morgan fingerprint density at radius 3 is 2.33 bits per heavy atom.